The van der Waals surface area contributed by atoms with Crippen LogP contribution in [0.15, 0.2) is 47.4 Å². The average molecular weight is 490 g/mol. The summed E-state index contributed by atoms with van der Waals surface area (Å²) in [5.74, 6) is -2.78. The second kappa shape index (κ2) is 9.64. The maximum atomic E-state index is 13.1. The number of ether oxygens (including phenoxy) is 4. The van der Waals surface area contributed by atoms with Crippen molar-refractivity contribution in [3.05, 3.63) is 53.6 Å². The molecule has 11 heteroatoms. The molecule has 1 aliphatic heterocycles. The molecule has 0 bridgehead atoms. The topological polar surface area (TPSA) is 139 Å². The summed E-state index contributed by atoms with van der Waals surface area (Å²) in [6, 6.07) is 9.37. The Hall–Kier alpha value is -3.73. The molecule has 0 aliphatic carbocycles. The molecule has 0 aromatic heterocycles. The van der Waals surface area contributed by atoms with Crippen LogP contribution in [0.25, 0.3) is 0 Å². The molecular formula is C23H22O10S. The number of carbonyl (C=O) groups is 4. The molecule has 3 rings (SSSR count). The van der Waals surface area contributed by atoms with Gasteiger partial charge in [-0.1, -0.05) is 12.1 Å². The van der Waals surface area contributed by atoms with E-state index < -0.39 is 51.6 Å². The predicted octanol–water partition coefficient (Wildman–Crippen LogP) is 2.00. The van der Waals surface area contributed by atoms with Crippen LogP contribution in [0.5, 0.6) is 11.5 Å². The fourth-order valence-electron chi connectivity index (χ4n) is 3.54. The minimum atomic E-state index is -3.49. The van der Waals surface area contributed by atoms with Crippen molar-refractivity contribution >= 4 is 33.3 Å². The first kappa shape index (κ1) is 24.9. The highest BCUT2D eigenvalue weighted by Gasteiger charge is 2.51. The molecule has 2 aromatic carbocycles. The van der Waals surface area contributed by atoms with Crippen LogP contribution in [0.4, 0.5) is 0 Å². The number of fused-ring (bicyclic) bond motifs is 1. The van der Waals surface area contributed by atoms with E-state index in [1.807, 2.05) is 0 Å². The molecule has 34 heavy (non-hydrogen) atoms. The number of Topliss-reactive ketones (excluding diaryl/α,β-unsaturated/α-hetero) is 2. The summed E-state index contributed by atoms with van der Waals surface area (Å²) < 4.78 is 43.4. The largest absolute Gasteiger partial charge is 0.468 e. The van der Waals surface area contributed by atoms with Crippen LogP contribution >= 0.6 is 0 Å². The Morgan fingerprint density at radius 1 is 0.824 bits per heavy atom. The molecule has 0 atom stereocenters. The third kappa shape index (κ3) is 4.93. The van der Waals surface area contributed by atoms with E-state index in [1.165, 1.54) is 42.5 Å². The Labute approximate surface area is 195 Å². The lowest BCUT2D eigenvalue weighted by molar-refractivity contribution is -0.168. The Morgan fingerprint density at radius 2 is 1.32 bits per heavy atom. The van der Waals surface area contributed by atoms with Crippen LogP contribution in [0.3, 0.4) is 0 Å². The molecular weight excluding hydrogens is 468 g/mol. The van der Waals surface area contributed by atoms with E-state index in [0.717, 1.165) is 20.5 Å². The van der Waals surface area contributed by atoms with Gasteiger partial charge in [0, 0.05) is 30.2 Å². The summed E-state index contributed by atoms with van der Waals surface area (Å²) in [5.41, 5.74) is -2.09. The van der Waals surface area contributed by atoms with Gasteiger partial charge in [-0.25, -0.2) is 8.42 Å². The lowest BCUT2D eigenvalue weighted by Crippen LogP contribution is -2.44. The first-order valence-corrected chi connectivity index (χ1v) is 11.8. The zero-order chi connectivity index (χ0) is 25.1. The van der Waals surface area contributed by atoms with E-state index in [2.05, 4.69) is 0 Å². The monoisotopic (exact) mass is 490 g/mol. The highest BCUT2D eigenvalue weighted by molar-refractivity contribution is 7.90. The molecule has 0 N–H and O–H groups in total. The lowest BCUT2D eigenvalue weighted by atomic mass is 9.76. The van der Waals surface area contributed by atoms with Crippen molar-refractivity contribution < 1.29 is 46.5 Å². The molecule has 1 aliphatic rings. The quantitative estimate of drug-likeness (QED) is 0.291. The third-order valence-electron chi connectivity index (χ3n) is 5.38. The highest BCUT2D eigenvalue weighted by Crippen LogP contribution is 2.36. The van der Waals surface area contributed by atoms with Crippen molar-refractivity contribution in [2.45, 2.75) is 17.7 Å². The smallest absolute Gasteiger partial charge is 0.324 e. The number of hydrogen-bond acceptors (Lipinski definition) is 10. The summed E-state index contributed by atoms with van der Waals surface area (Å²) in [6.07, 6.45) is -0.425. The van der Waals surface area contributed by atoms with Crippen molar-refractivity contribution in [3.63, 3.8) is 0 Å². The zero-order valence-electron chi connectivity index (χ0n) is 18.7. The maximum Gasteiger partial charge on any atom is 0.324 e. The van der Waals surface area contributed by atoms with E-state index in [4.69, 9.17) is 18.9 Å². The van der Waals surface area contributed by atoms with E-state index in [9.17, 15) is 27.6 Å². The summed E-state index contributed by atoms with van der Waals surface area (Å²) in [6.45, 7) is -0.00609. The van der Waals surface area contributed by atoms with Crippen LogP contribution in [-0.2, 0) is 28.9 Å². The SMILES string of the molecule is COC(=O)C(CC(=O)c1ccc(S(C)(=O)=O)cc1)(CC(=O)c1ccc2c(c1)OCO2)C(=O)OC. The Morgan fingerprint density at radius 3 is 1.85 bits per heavy atom. The van der Waals surface area contributed by atoms with Gasteiger partial charge in [-0.3, -0.25) is 19.2 Å². The first-order valence-electron chi connectivity index (χ1n) is 9.95. The standard InChI is InChI=1S/C23H22O10S/c1-30-21(26)23(22(27)31-2,11-17(24)14-4-7-16(8-5-14)34(3,28)29)12-18(25)15-6-9-19-20(10-15)33-13-32-19/h4-10H,11-13H2,1-3H3. The fraction of sp³-hybridized carbons (Fsp3) is 0.304. The minimum absolute atomic E-state index is 0.00534. The molecule has 0 unspecified atom stereocenters. The van der Waals surface area contributed by atoms with Crippen LogP contribution < -0.4 is 9.47 Å². The summed E-state index contributed by atoms with van der Waals surface area (Å²) in [7, 11) is -1.44. The fourth-order valence-corrected chi connectivity index (χ4v) is 4.17. The van der Waals surface area contributed by atoms with Gasteiger partial charge in [0.25, 0.3) is 0 Å². The lowest BCUT2D eigenvalue weighted by Gasteiger charge is -2.27. The van der Waals surface area contributed by atoms with Gasteiger partial charge >= 0.3 is 11.9 Å². The van der Waals surface area contributed by atoms with E-state index in [1.54, 1.807) is 0 Å². The molecule has 0 radical (unpaired) electrons. The Bertz CT molecular complexity index is 1230. The van der Waals surface area contributed by atoms with Gasteiger partial charge in [0.2, 0.25) is 6.79 Å². The molecule has 0 fully saturated rings. The molecule has 0 saturated heterocycles. The molecule has 1 heterocycles. The second-order valence-corrected chi connectivity index (χ2v) is 9.65. The van der Waals surface area contributed by atoms with Crippen LogP contribution in [-0.4, -0.2) is 59.2 Å². The average Bonchev–Trinajstić information content (AvgIpc) is 3.29. The molecule has 0 saturated carbocycles. The van der Waals surface area contributed by atoms with Gasteiger partial charge in [-0.15, -0.1) is 0 Å². The van der Waals surface area contributed by atoms with Crippen LogP contribution in [0, 0.1) is 5.41 Å². The predicted molar refractivity (Wildman–Crippen MR) is 116 cm³/mol. The van der Waals surface area contributed by atoms with Crippen molar-refractivity contribution in [2.24, 2.45) is 5.41 Å². The van der Waals surface area contributed by atoms with E-state index in [0.29, 0.717) is 11.5 Å². The number of rotatable bonds is 9. The van der Waals surface area contributed by atoms with Crippen molar-refractivity contribution in [2.75, 3.05) is 27.3 Å². The molecule has 0 spiro atoms. The van der Waals surface area contributed by atoms with Gasteiger partial charge in [0.1, 0.15) is 0 Å². The summed E-state index contributed by atoms with van der Waals surface area (Å²) >= 11 is 0. The van der Waals surface area contributed by atoms with Crippen molar-refractivity contribution in [1.29, 1.82) is 0 Å². The van der Waals surface area contributed by atoms with Gasteiger partial charge in [-0.2, -0.15) is 0 Å². The number of benzene rings is 2. The summed E-state index contributed by atoms with van der Waals surface area (Å²) in [4.78, 5) is 51.7. The first-order chi connectivity index (χ1) is 16.0. The van der Waals surface area contributed by atoms with Crippen molar-refractivity contribution in [1.82, 2.24) is 0 Å². The van der Waals surface area contributed by atoms with Crippen molar-refractivity contribution in [3.8, 4) is 11.5 Å². The third-order valence-corrected chi connectivity index (χ3v) is 6.50. The normalized spacial score (nSPS) is 12.7. The minimum Gasteiger partial charge on any atom is -0.468 e. The number of methoxy groups -OCH3 is 2. The number of hydrogen-bond donors (Lipinski definition) is 0. The number of carbonyl (C=O) groups excluding carboxylic acids is 4. The Kier molecular flexibility index (Phi) is 7.06. The van der Waals surface area contributed by atoms with Gasteiger partial charge in [-0.05, 0) is 30.3 Å². The summed E-state index contributed by atoms with van der Waals surface area (Å²) in [5, 5.41) is 0. The van der Waals surface area contributed by atoms with Gasteiger partial charge in [0.05, 0.1) is 19.1 Å². The highest BCUT2D eigenvalue weighted by atomic mass is 32.2. The molecule has 0 amide bonds. The maximum absolute atomic E-state index is 13.1. The van der Waals surface area contributed by atoms with E-state index >= 15 is 0 Å². The van der Waals surface area contributed by atoms with E-state index in [-0.39, 0.29) is 22.8 Å². The van der Waals surface area contributed by atoms with Crippen LogP contribution in [0.1, 0.15) is 33.6 Å². The number of esters is 2. The zero-order valence-corrected chi connectivity index (χ0v) is 19.5. The second-order valence-electron chi connectivity index (χ2n) is 7.63. The number of sulfone groups is 1. The molecule has 10 nitrogen and oxygen atoms in total. The molecule has 2 aromatic rings. The van der Waals surface area contributed by atoms with Gasteiger partial charge in [0.15, 0.2) is 38.3 Å². The number of ketones is 2. The van der Waals surface area contributed by atoms with Crippen LogP contribution in [0.2, 0.25) is 0 Å². The van der Waals surface area contributed by atoms with Gasteiger partial charge < -0.3 is 18.9 Å². The molecule has 180 valence electrons. The Balaban J connectivity index is 1.95.